The summed E-state index contributed by atoms with van der Waals surface area (Å²) in [5.74, 6) is 0. The molecular formula is C8H18N2O3. The smallest absolute Gasteiger partial charge is 0.318 e. The van der Waals surface area contributed by atoms with Gasteiger partial charge in [0.2, 0.25) is 0 Å². The molecule has 0 heterocycles. The molecule has 5 nitrogen and oxygen atoms in total. The van der Waals surface area contributed by atoms with Gasteiger partial charge in [0.15, 0.2) is 0 Å². The van der Waals surface area contributed by atoms with Crippen molar-refractivity contribution in [3.8, 4) is 0 Å². The quantitative estimate of drug-likeness (QED) is 0.476. The summed E-state index contributed by atoms with van der Waals surface area (Å²) in [5, 5.41) is 0. The monoisotopic (exact) mass is 190 g/mol. The number of amides is 2. The molecule has 0 rings (SSSR count). The molecular weight excluding hydrogens is 172 g/mol. The van der Waals surface area contributed by atoms with Gasteiger partial charge < -0.3 is 15.2 Å². The van der Waals surface area contributed by atoms with Crippen LogP contribution in [0.1, 0.15) is 19.8 Å². The molecule has 2 N–H and O–H groups in total. The second kappa shape index (κ2) is 7.82. The van der Waals surface area contributed by atoms with E-state index in [-0.39, 0.29) is 13.5 Å². The van der Waals surface area contributed by atoms with Gasteiger partial charge in [-0.1, -0.05) is 13.3 Å². The molecule has 0 saturated heterocycles. The second-order valence-electron chi connectivity index (χ2n) is 2.69. The zero-order chi connectivity index (χ0) is 10.1. The van der Waals surface area contributed by atoms with Gasteiger partial charge >= 0.3 is 6.03 Å². The Hall–Kier alpha value is -0.810. The molecule has 0 aromatic heterocycles. The van der Waals surface area contributed by atoms with Gasteiger partial charge in [-0.25, -0.2) is 4.79 Å². The number of methoxy groups -OCH3 is 1. The lowest BCUT2D eigenvalue weighted by atomic mass is 10.4. The number of carbonyl (C=O) groups excluding carboxylic acids is 1. The first-order valence-electron chi connectivity index (χ1n) is 4.33. The van der Waals surface area contributed by atoms with Crippen molar-refractivity contribution < 1.29 is 14.3 Å². The Morgan fingerprint density at radius 2 is 2.15 bits per heavy atom. The van der Waals surface area contributed by atoms with E-state index in [0.29, 0.717) is 6.61 Å². The number of primary amides is 1. The number of nitrogens with two attached hydrogens (primary N) is 1. The van der Waals surface area contributed by atoms with Crippen LogP contribution >= 0.6 is 0 Å². The van der Waals surface area contributed by atoms with E-state index < -0.39 is 6.03 Å². The largest absolute Gasteiger partial charge is 0.364 e. The number of nitrogens with zero attached hydrogens (tertiary/aromatic N) is 1. The third kappa shape index (κ3) is 6.36. The third-order valence-corrected chi connectivity index (χ3v) is 1.49. The number of rotatable bonds is 7. The number of hydrogen-bond acceptors (Lipinski definition) is 3. The Morgan fingerprint density at radius 1 is 1.46 bits per heavy atom. The molecule has 0 aromatic rings. The Labute approximate surface area is 78.8 Å². The summed E-state index contributed by atoms with van der Waals surface area (Å²) in [5.41, 5.74) is 5.06. The molecule has 0 radical (unpaired) electrons. The van der Waals surface area contributed by atoms with Crippen molar-refractivity contribution >= 4 is 6.03 Å². The first-order valence-corrected chi connectivity index (χ1v) is 4.33. The molecule has 2 amide bonds. The molecule has 0 aliphatic carbocycles. The number of urea groups is 1. The molecule has 0 spiro atoms. The minimum Gasteiger partial charge on any atom is -0.364 e. The Kier molecular flexibility index (Phi) is 7.33. The summed E-state index contributed by atoms with van der Waals surface area (Å²) >= 11 is 0. The van der Waals surface area contributed by atoms with Crippen LogP contribution in [0.2, 0.25) is 0 Å². The first kappa shape index (κ1) is 12.2. The van der Waals surface area contributed by atoms with E-state index in [1.807, 2.05) is 0 Å². The Balaban J connectivity index is 3.51. The maximum Gasteiger partial charge on any atom is 0.318 e. The summed E-state index contributed by atoms with van der Waals surface area (Å²) < 4.78 is 9.96. The highest BCUT2D eigenvalue weighted by atomic mass is 16.5. The van der Waals surface area contributed by atoms with E-state index in [2.05, 4.69) is 6.92 Å². The molecule has 5 heteroatoms. The second-order valence-corrected chi connectivity index (χ2v) is 2.69. The van der Waals surface area contributed by atoms with Gasteiger partial charge in [-0.05, 0) is 6.42 Å². The zero-order valence-electron chi connectivity index (χ0n) is 8.28. The Morgan fingerprint density at radius 3 is 2.62 bits per heavy atom. The summed E-state index contributed by atoms with van der Waals surface area (Å²) in [6.45, 7) is 3.08. The van der Waals surface area contributed by atoms with Gasteiger partial charge in [0, 0.05) is 13.7 Å². The van der Waals surface area contributed by atoms with Crippen molar-refractivity contribution in [1.82, 2.24) is 4.90 Å². The lowest BCUT2D eigenvalue weighted by Gasteiger charge is -2.18. The molecule has 0 fully saturated rings. The lowest BCUT2D eigenvalue weighted by molar-refractivity contribution is -0.00456. The summed E-state index contributed by atoms with van der Waals surface area (Å²) in [6, 6.07) is -0.529. The molecule has 0 saturated carbocycles. The van der Waals surface area contributed by atoms with E-state index >= 15 is 0 Å². The summed E-state index contributed by atoms with van der Waals surface area (Å²) in [7, 11) is 1.50. The fourth-order valence-corrected chi connectivity index (χ4v) is 0.741. The highest BCUT2D eigenvalue weighted by Crippen LogP contribution is 1.92. The predicted octanol–water partition coefficient (Wildman–Crippen LogP) is 0.745. The van der Waals surface area contributed by atoms with Crippen LogP contribution in [0.3, 0.4) is 0 Å². The van der Waals surface area contributed by atoms with Gasteiger partial charge in [-0.15, -0.1) is 0 Å². The fraction of sp³-hybridized carbons (Fsp3) is 0.875. The van der Waals surface area contributed by atoms with Crippen molar-refractivity contribution in [3.63, 3.8) is 0 Å². The van der Waals surface area contributed by atoms with Crippen LogP contribution < -0.4 is 5.73 Å². The normalized spacial score (nSPS) is 10.0. The van der Waals surface area contributed by atoms with E-state index in [9.17, 15) is 4.79 Å². The summed E-state index contributed by atoms with van der Waals surface area (Å²) in [6.07, 6.45) is 2.06. The van der Waals surface area contributed by atoms with E-state index in [1.165, 1.54) is 12.0 Å². The molecule has 13 heavy (non-hydrogen) atoms. The molecule has 78 valence electrons. The number of unbranched alkanes of at least 4 members (excludes halogenated alkanes) is 1. The maximum absolute atomic E-state index is 10.7. The zero-order valence-corrected chi connectivity index (χ0v) is 8.28. The third-order valence-electron chi connectivity index (χ3n) is 1.49. The molecule has 0 atom stereocenters. The van der Waals surface area contributed by atoms with Crippen LogP contribution in [-0.4, -0.2) is 38.1 Å². The molecule has 0 unspecified atom stereocenters. The topological polar surface area (TPSA) is 64.8 Å². The van der Waals surface area contributed by atoms with E-state index in [0.717, 1.165) is 12.8 Å². The first-order chi connectivity index (χ1) is 6.22. The van der Waals surface area contributed by atoms with Crippen molar-refractivity contribution in [1.29, 1.82) is 0 Å². The highest BCUT2D eigenvalue weighted by Gasteiger charge is 2.07. The summed E-state index contributed by atoms with van der Waals surface area (Å²) in [4.78, 5) is 12.0. The van der Waals surface area contributed by atoms with Crippen molar-refractivity contribution in [3.05, 3.63) is 0 Å². The predicted molar refractivity (Wildman–Crippen MR) is 49.0 cm³/mol. The van der Waals surface area contributed by atoms with Crippen LogP contribution in [0, 0.1) is 0 Å². The van der Waals surface area contributed by atoms with Gasteiger partial charge in [-0.3, -0.25) is 4.90 Å². The molecule has 0 aliphatic rings. The molecule has 0 aliphatic heterocycles. The standard InChI is InChI=1S/C8H18N2O3/c1-3-4-5-13-7-10(6-12-2)8(9)11/h3-7H2,1-2H3,(H2,9,11). The van der Waals surface area contributed by atoms with Crippen LogP contribution in [0.5, 0.6) is 0 Å². The fourth-order valence-electron chi connectivity index (χ4n) is 0.741. The van der Waals surface area contributed by atoms with Gasteiger partial charge in [0.25, 0.3) is 0 Å². The molecule has 0 aromatic carbocycles. The Bertz CT molecular complexity index is 141. The maximum atomic E-state index is 10.7. The van der Waals surface area contributed by atoms with Gasteiger partial charge in [0.1, 0.15) is 13.5 Å². The number of carbonyl (C=O) groups is 1. The van der Waals surface area contributed by atoms with Crippen molar-refractivity contribution in [2.45, 2.75) is 19.8 Å². The van der Waals surface area contributed by atoms with Crippen LogP contribution in [-0.2, 0) is 9.47 Å². The minimum absolute atomic E-state index is 0.168. The average molecular weight is 190 g/mol. The number of ether oxygens (including phenoxy) is 2. The molecule has 0 bridgehead atoms. The lowest BCUT2D eigenvalue weighted by Crippen LogP contribution is -2.38. The minimum atomic E-state index is -0.529. The van der Waals surface area contributed by atoms with Crippen LogP contribution in [0.15, 0.2) is 0 Å². The van der Waals surface area contributed by atoms with E-state index in [1.54, 1.807) is 0 Å². The average Bonchev–Trinajstić information content (AvgIpc) is 2.10. The van der Waals surface area contributed by atoms with Gasteiger partial charge in [-0.2, -0.15) is 0 Å². The highest BCUT2D eigenvalue weighted by molar-refractivity contribution is 5.71. The van der Waals surface area contributed by atoms with E-state index in [4.69, 9.17) is 15.2 Å². The SMILES string of the molecule is CCCCOCN(COC)C(N)=O. The van der Waals surface area contributed by atoms with Crippen LogP contribution in [0.25, 0.3) is 0 Å². The number of hydrogen-bond donors (Lipinski definition) is 1. The van der Waals surface area contributed by atoms with Crippen molar-refractivity contribution in [2.24, 2.45) is 5.73 Å². The van der Waals surface area contributed by atoms with Crippen LogP contribution in [0.4, 0.5) is 4.79 Å². The van der Waals surface area contributed by atoms with Gasteiger partial charge in [0.05, 0.1) is 0 Å². The van der Waals surface area contributed by atoms with Crippen molar-refractivity contribution in [2.75, 3.05) is 27.2 Å².